The molecule has 0 radical (unpaired) electrons. The Labute approximate surface area is 137 Å². The molecule has 24 heavy (non-hydrogen) atoms. The molecule has 6 nitrogen and oxygen atoms in total. The Hall–Kier alpha value is -3.28. The Bertz CT molecular complexity index is 823. The predicted molar refractivity (Wildman–Crippen MR) is 86.0 cm³/mol. The van der Waals surface area contributed by atoms with Crippen LogP contribution in [0.5, 0.6) is 11.5 Å². The number of hydrogen-bond donors (Lipinski definition) is 2. The van der Waals surface area contributed by atoms with E-state index in [9.17, 15) is 19.8 Å². The van der Waals surface area contributed by atoms with Crippen LogP contribution in [0.4, 0.5) is 0 Å². The van der Waals surface area contributed by atoms with Crippen LogP contribution >= 0.6 is 0 Å². The molecule has 0 amide bonds. The molecule has 0 aliphatic carbocycles. The molecular weight excluding hydrogens is 312 g/mol. The number of hydrogen-bond acceptors (Lipinski definition) is 4. The average Bonchev–Trinajstić information content (AvgIpc) is 2.59. The number of carboxylic acid groups (broad SMARTS) is 2. The summed E-state index contributed by atoms with van der Waals surface area (Å²) in [7, 11) is 0. The Morgan fingerprint density at radius 3 is 1.96 bits per heavy atom. The molecule has 0 unspecified atom stereocenters. The van der Waals surface area contributed by atoms with Crippen LogP contribution in [-0.2, 0) is 9.59 Å². The van der Waals surface area contributed by atoms with Crippen LogP contribution in [0, 0.1) is 0 Å². The van der Waals surface area contributed by atoms with Crippen molar-refractivity contribution in [2.24, 2.45) is 0 Å². The Balaban J connectivity index is 2.21. The van der Waals surface area contributed by atoms with Crippen LogP contribution in [0.3, 0.4) is 0 Å². The molecule has 1 aliphatic heterocycles. The summed E-state index contributed by atoms with van der Waals surface area (Å²) in [6, 6.07) is 12.7. The number of carbonyl (C=O) groups is 2. The second kappa shape index (κ2) is 6.45. The van der Waals surface area contributed by atoms with Crippen molar-refractivity contribution in [2.45, 2.75) is 0 Å². The fraction of sp³-hybridized carbons (Fsp3) is 0.111. The minimum atomic E-state index is -1.33. The number of fused-ring (bicyclic) bond motifs is 1. The van der Waals surface area contributed by atoms with Crippen LogP contribution in [0.15, 0.2) is 48.5 Å². The van der Waals surface area contributed by atoms with Gasteiger partial charge in [-0.1, -0.05) is 36.4 Å². The van der Waals surface area contributed by atoms with Crippen molar-refractivity contribution in [3.8, 4) is 11.5 Å². The zero-order valence-corrected chi connectivity index (χ0v) is 12.6. The maximum Gasteiger partial charge on any atom is 0.337 e. The minimum Gasteiger partial charge on any atom is -0.486 e. The topological polar surface area (TPSA) is 93.1 Å². The van der Waals surface area contributed by atoms with E-state index in [1.807, 2.05) is 0 Å². The first kappa shape index (κ1) is 15.6. The molecule has 0 spiro atoms. The highest BCUT2D eigenvalue weighted by atomic mass is 16.6. The van der Waals surface area contributed by atoms with Gasteiger partial charge in [0.15, 0.2) is 11.5 Å². The van der Waals surface area contributed by atoms with Crippen molar-refractivity contribution < 1.29 is 29.3 Å². The minimum absolute atomic E-state index is 0.244. The zero-order chi connectivity index (χ0) is 17.1. The van der Waals surface area contributed by atoms with Crippen molar-refractivity contribution in [1.82, 2.24) is 0 Å². The van der Waals surface area contributed by atoms with E-state index in [1.165, 1.54) is 12.1 Å². The fourth-order valence-electron chi connectivity index (χ4n) is 2.55. The first-order valence-corrected chi connectivity index (χ1v) is 7.24. The number of ether oxygens (including phenoxy) is 2. The number of rotatable bonds is 4. The lowest BCUT2D eigenvalue weighted by atomic mass is 9.94. The van der Waals surface area contributed by atoms with Gasteiger partial charge in [-0.15, -0.1) is 0 Å². The van der Waals surface area contributed by atoms with Crippen LogP contribution in [0.25, 0.3) is 11.1 Å². The van der Waals surface area contributed by atoms with Crippen LogP contribution in [-0.4, -0.2) is 35.4 Å². The summed E-state index contributed by atoms with van der Waals surface area (Å²) in [6.45, 7) is 0.769. The molecule has 2 N–H and O–H groups in total. The quantitative estimate of drug-likeness (QED) is 0.662. The van der Waals surface area contributed by atoms with E-state index in [4.69, 9.17) is 9.47 Å². The summed E-state index contributed by atoms with van der Waals surface area (Å²) in [5.74, 6) is -1.73. The number of benzene rings is 2. The van der Waals surface area contributed by atoms with Gasteiger partial charge in [0.05, 0.1) is 11.1 Å². The van der Waals surface area contributed by atoms with Crippen LogP contribution in [0.1, 0.15) is 11.1 Å². The molecule has 0 saturated carbocycles. The second-order valence-electron chi connectivity index (χ2n) is 5.08. The lowest BCUT2D eigenvalue weighted by Crippen LogP contribution is -2.16. The van der Waals surface area contributed by atoms with Crippen molar-refractivity contribution in [3.63, 3.8) is 0 Å². The average molecular weight is 326 g/mol. The first-order valence-electron chi connectivity index (χ1n) is 7.24. The van der Waals surface area contributed by atoms with Gasteiger partial charge in [-0.25, -0.2) is 9.59 Å². The summed E-state index contributed by atoms with van der Waals surface area (Å²) in [6.07, 6.45) is 0. The van der Waals surface area contributed by atoms with Gasteiger partial charge >= 0.3 is 11.9 Å². The Morgan fingerprint density at radius 1 is 0.750 bits per heavy atom. The summed E-state index contributed by atoms with van der Waals surface area (Å²) in [5.41, 5.74) is -0.0178. The van der Waals surface area contributed by atoms with Crippen LogP contribution < -0.4 is 9.47 Å². The molecule has 0 bridgehead atoms. The smallest absolute Gasteiger partial charge is 0.337 e. The zero-order valence-electron chi connectivity index (χ0n) is 12.6. The SMILES string of the molecule is O=C(O)C(=C(C(=O)O)c1ccc2c(c1)OCCO2)c1ccccc1. The highest BCUT2D eigenvalue weighted by Crippen LogP contribution is 2.35. The Kier molecular flexibility index (Phi) is 4.20. The lowest BCUT2D eigenvalue weighted by molar-refractivity contribution is -0.132. The van der Waals surface area contributed by atoms with Gasteiger partial charge in [0.1, 0.15) is 13.2 Å². The largest absolute Gasteiger partial charge is 0.486 e. The van der Waals surface area contributed by atoms with Gasteiger partial charge in [-0.05, 0) is 23.3 Å². The summed E-state index contributed by atoms with van der Waals surface area (Å²) >= 11 is 0. The molecule has 2 aromatic rings. The molecule has 0 fully saturated rings. The molecule has 1 heterocycles. The summed E-state index contributed by atoms with van der Waals surface area (Å²) in [5, 5.41) is 19.2. The third-order valence-electron chi connectivity index (χ3n) is 3.57. The predicted octanol–water partition coefficient (Wildman–Crippen LogP) is 2.54. The van der Waals surface area contributed by atoms with E-state index in [1.54, 1.807) is 36.4 Å². The van der Waals surface area contributed by atoms with E-state index < -0.39 is 11.9 Å². The first-order chi connectivity index (χ1) is 11.6. The maximum atomic E-state index is 11.8. The highest BCUT2D eigenvalue weighted by molar-refractivity contribution is 6.36. The van der Waals surface area contributed by atoms with Gasteiger partial charge in [-0.3, -0.25) is 0 Å². The maximum absolute atomic E-state index is 11.8. The van der Waals surface area contributed by atoms with Crippen molar-refractivity contribution in [3.05, 3.63) is 59.7 Å². The van der Waals surface area contributed by atoms with E-state index >= 15 is 0 Å². The van der Waals surface area contributed by atoms with Crippen molar-refractivity contribution in [2.75, 3.05) is 13.2 Å². The normalized spacial score (nSPS) is 13.8. The van der Waals surface area contributed by atoms with Gasteiger partial charge in [0.2, 0.25) is 0 Å². The molecule has 6 heteroatoms. The monoisotopic (exact) mass is 326 g/mol. The van der Waals surface area contributed by atoms with E-state index in [0.717, 1.165) is 0 Å². The fourth-order valence-corrected chi connectivity index (χ4v) is 2.55. The van der Waals surface area contributed by atoms with E-state index in [0.29, 0.717) is 30.3 Å². The van der Waals surface area contributed by atoms with E-state index in [2.05, 4.69) is 0 Å². The molecule has 0 aromatic heterocycles. The molecule has 122 valence electrons. The third-order valence-corrected chi connectivity index (χ3v) is 3.57. The number of carboxylic acids is 2. The van der Waals surface area contributed by atoms with Gasteiger partial charge < -0.3 is 19.7 Å². The number of aliphatic carboxylic acids is 2. The van der Waals surface area contributed by atoms with Gasteiger partial charge in [-0.2, -0.15) is 0 Å². The summed E-state index contributed by atoms with van der Waals surface area (Å²) in [4.78, 5) is 23.5. The van der Waals surface area contributed by atoms with Gasteiger partial charge in [0, 0.05) is 0 Å². The molecule has 1 aliphatic rings. The molecule has 0 atom stereocenters. The molecule has 2 aromatic carbocycles. The van der Waals surface area contributed by atoms with Crippen LogP contribution in [0.2, 0.25) is 0 Å². The Morgan fingerprint density at radius 2 is 1.33 bits per heavy atom. The van der Waals surface area contributed by atoms with E-state index in [-0.39, 0.29) is 16.7 Å². The second-order valence-corrected chi connectivity index (χ2v) is 5.08. The molecule has 0 saturated heterocycles. The lowest BCUT2D eigenvalue weighted by Gasteiger charge is -2.19. The third kappa shape index (κ3) is 2.94. The molecule has 3 rings (SSSR count). The van der Waals surface area contributed by atoms with Gasteiger partial charge in [0.25, 0.3) is 0 Å². The highest BCUT2D eigenvalue weighted by Gasteiger charge is 2.25. The van der Waals surface area contributed by atoms with Crippen molar-refractivity contribution in [1.29, 1.82) is 0 Å². The molecular formula is C18H14O6. The summed E-state index contributed by atoms with van der Waals surface area (Å²) < 4.78 is 10.9. The van der Waals surface area contributed by atoms with Crippen molar-refractivity contribution >= 4 is 23.1 Å². The standard InChI is InChI=1S/C18H14O6/c19-17(20)15(11-4-2-1-3-5-11)16(18(21)22)12-6-7-13-14(10-12)24-9-8-23-13/h1-7,10H,8-9H2,(H,19,20)(H,21,22).